The van der Waals surface area contributed by atoms with Gasteiger partial charge in [-0.3, -0.25) is 9.98 Å². The van der Waals surface area contributed by atoms with E-state index >= 15 is 0 Å². The predicted molar refractivity (Wildman–Crippen MR) is 112 cm³/mol. The molecule has 0 atom stereocenters. The summed E-state index contributed by atoms with van der Waals surface area (Å²) in [4.78, 5) is 9.19. The van der Waals surface area contributed by atoms with Crippen molar-refractivity contribution in [1.82, 2.24) is 9.55 Å². The van der Waals surface area contributed by atoms with Gasteiger partial charge in [0.15, 0.2) is 0 Å². The van der Waals surface area contributed by atoms with Gasteiger partial charge in [-0.2, -0.15) is 0 Å². The Labute approximate surface area is 161 Å². The smallest absolute Gasteiger partial charge is 0.0958 e. The van der Waals surface area contributed by atoms with Gasteiger partial charge in [0.2, 0.25) is 0 Å². The molecule has 3 nitrogen and oxygen atoms in total. The average molecular weight is 404 g/mol. The van der Waals surface area contributed by atoms with Crippen LogP contribution in [-0.4, -0.2) is 15.8 Å². The highest BCUT2D eigenvalue weighted by atomic mass is 79.9. The van der Waals surface area contributed by atoms with E-state index in [0.29, 0.717) is 0 Å². The van der Waals surface area contributed by atoms with E-state index < -0.39 is 0 Å². The van der Waals surface area contributed by atoms with E-state index in [0.717, 1.165) is 32.3 Å². The third kappa shape index (κ3) is 3.08. The SMILES string of the molecule is Cc1cc(C=Nc2cccc3cccnc23)c(C)n1-c1ccc(Br)cc1. The van der Waals surface area contributed by atoms with E-state index in [9.17, 15) is 0 Å². The molecule has 0 aliphatic rings. The van der Waals surface area contributed by atoms with E-state index in [2.05, 4.69) is 81.8 Å². The first kappa shape index (κ1) is 16.7. The number of aryl methyl sites for hydroxylation is 1. The molecule has 0 saturated heterocycles. The van der Waals surface area contributed by atoms with Crippen molar-refractivity contribution < 1.29 is 0 Å². The van der Waals surface area contributed by atoms with Crippen molar-refractivity contribution in [3.8, 4) is 5.69 Å². The molecule has 4 aromatic rings. The maximum atomic E-state index is 4.72. The largest absolute Gasteiger partial charge is 0.318 e. The second kappa shape index (κ2) is 6.89. The molecule has 128 valence electrons. The fourth-order valence-corrected chi connectivity index (χ4v) is 3.50. The van der Waals surface area contributed by atoms with Crippen LogP contribution in [0.2, 0.25) is 0 Å². The van der Waals surface area contributed by atoms with Gasteiger partial charge in [-0.15, -0.1) is 0 Å². The third-order valence-electron chi connectivity index (χ3n) is 4.51. The molecular weight excluding hydrogens is 386 g/mol. The van der Waals surface area contributed by atoms with Gasteiger partial charge in [0.05, 0.1) is 11.2 Å². The van der Waals surface area contributed by atoms with Crippen LogP contribution in [0.1, 0.15) is 17.0 Å². The van der Waals surface area contributed by atoms with E-state index in [1.165, 1.54) is 11.4 Å². The molecule has 0 bridgehead atoms. The Bertz CT molecular complexity index is 1100. The normalized spacial score (nSPS) is 11.5. The Morgan fingerprint density at radius 2 is 1.77 bits per heavy atom. The van der Waals surface area contributed by atoms with E-state index in [1.54, 1.807) is 6.20 Å². The first-order valence-corrected chi connectivity index (χ1v) is 9.25. The minimum atomic E-state index is 0.886. The first-order valence-electron chi connectivity index (χ1n) is 8.46. The molecule has 0 fully saturated rings. The van der Waals surface area contributed by atoms with Crippen LogP contribution in [0.15, 0.2) is 76.3 Å². The number of nitrogens with zero attached hydrogens (tertiary/aromatic N) is 3. The molecule has 0 N–H and O–H groups in total. The summed E-state index contributed by atoms with van der Waals surface area (Å²) in [5, 5.41) is 1.10. The fourth-order valence-electron chi connectivity index (χ4n) is 3.24. The van der Waals surface area contributed by atoms with Gasteiger partial charge in [0.1, 0.15) is 0 Å². The van der Waals surface area contributed by atoms with Crippen LogP contribution in [-0.2, 0) is 0 Å². The number of fused-ring (bicyclic) bond motifs is 1. The Kier molecular flexibility index (Phi) is 4.43. The number of rotatable bonds is 3. The molecule has 2 heterocycles. The molecular formula is C22H18BrN3. The summed E-state index contributed by atoms with van der Waals surface area (Å²) in [6.45, 7) is 4.24. The van der Waals surface area contributed by atoms with Gasteiger partial charge in [0.25, 0.3) is 0 Å². The summed E-state index contributed by atoms with van der Waals surface area (Å²) in [5.74, 6) is 0. The summed E-state index contributed by atoms with van der Waals surface area (Å²) < 4.78 is 3.32. The highest BCUT2D eigenvalue weighted by Gasteiger charge is 2.09. The lowest BCUT2D eigenvalue weighted by Crippen LogP contribution is -1.99. The van der Waals surface area contributed by atoms with Crippen LogP contribution in [0.4, 0.5) is 5.69 Å². The van der Waals surface area contributed by atoms with E-state index in [4.69, 9.17) is 4.99 Å². The van der Waals surface area contributed by atoms with Crippen molar-refractivity contribution in [2.24, 2.45) is 4.99 Å². The monoisotopic (exact) mass is 403 g/mol. The van der Waals surface area contributed by atoms with Crippen molar-refractivity contribution in [2.75, 3.05) is 0 Å². The third-order valence-corrected chi connectivity index (χ3v) is 5.04. The van der Waals surface area contributed by atoms with Crippen LogP contribution >= 0.6 is 15.9 Å². The van der Waals surface area contributed by atoms with Gasteiger partial charge in [-0.25, -0.2) is 0 Å². The summed E-state index contributed by atoms with van der Waals surface area (Å²) in [6, 6.07) is 20.6. The van der Waals surface area contributed by atoms with Crippen molar-refractivity contribution in [3.05, 3.63) is 88.3 Å². The molecule has 0 radical (unpaired) electrons. The molecule has 0 aliphatic heterocycles. The Morgan fingerprint density at radius 3 is 2.58 bits per heavy atom. The lowest BCUT2D eigenvalue weighted by Gasteiger charge is -2.09. The molecule has 0 amide bonds. The van der Waals surface area contributed by atoms with Crippen LogP contribution < -0.4 is 0 Å². The molecule has 0 aliphatic carbocycles. The van der Waals surface area contributed by atoms with Crippen LogP contribution in [0.5, 0.6) is 0 Å². The van der Waals surface area contributed by atoms with E-state index in [1.807, 2.05) is 24.4 Å². The van der Waals surface area contributed by atoms with Crippen molar-refractivity contribution in [2.45, 2.75) is 13.8 Å². The van der Waals surface area contributed by atoms with Crippen molar-refractivity contribution in [3.63, 3.8) is 0 Å². The number of pyridine rings is 1. The minimum absolute atomic E-state index is 0.886. The summed E-state index contributed by atoms with van der Waals surface area (Å²) in [6.07, 6.45) is 3.74. The first-order chi connectivity index (χ1) is 12.6. The average Bonchev–Trinajstić information content (AvgIpc) is 2.94. The van der Waals surface area contributed by atoms with Gasteiger partial charge in [0, 0.05) is 44.9 Å². The summed E-state index contributed by atoms with van der Waals surface area (Å²) >= 11 is 3.49. The summed E-state index contributed by atoms with van der Waals surface area (Å²) in [7, 11) is 0. The fraction of sp³-hybridized carbons (Fsp3) is 0.0909. The molecule has 4 heteroatoms. The highest BCUT2D eigenvalue weighted by molar-refractivity contribution is 9.10. The number of hydrogen-bond acceptors (Lipinski definition) is 2. The zero-order valence-electron chi connectivity index (χ0n) is 14.6. The Balaban J connectivity index is 1.74. The highest BCUT2D eigenvalue weighted by Crippen LogP contribution is 2.25. The number of halogens is 1. The van der Waals surface area contributed by atoms with Gasteiger partial charge in [-0.05, 0) is 56.3 Å². The minimum Gasteiger partial charge on any atom is -0.318 e. The number of hydrogen-bond donors (Lipinski definition) is 0. The molecule has 2 aromatic carbocycles. The van der Waals surface area contributed by atoms with Gasteiger partial charge < -0.3 is 4.57 Å². The van der Waals surface area contributed by atoms with Crippen LogP contribution in [0.3, 0.4) is 0 Å². The number of aromatic nitrogens is 2. The second-order valence-corrected chi connectivity index (χ2v) is 7.16. The summed E-state index contributed by atoms with van der Waals surface area (Å²) in [5.41, 5.74) is 6.42. The topological polar surface area (TPSA) is 30.2 Å². The predicted octanol–water partition coefficient (Wildman–Crippen LogP) is 6.16. The molecule has 0 saturated carbocycles. The van der Waals surface area contributed by atoms with Crippen LogP contribution in [0, 0.1) is 13.8 Å². The zero-order chi connectivity index (χ0) is 18.1. The lowest BCUT2D eigenvalue weighted by molar-refractivity contribution is 0.964. The number of aliphatic imine (C=N–C) groups is 1. The molecule has 26 heavy (non-hydrogen) atoms. The molecule has 0 unspecified atom stereocenters. The van der Waals surface area contributed by atoms with Crippen LogP contribution in [0.25, 0.3) is 16.6 Å². The van der Waals surface area contributed by atoms with Gasteiger partial charge >= 0.3 is 0 Å². The molecule has 2 aromatic heterocycles. The number of benzene rings is 2. The second-order valence-electron chi connectivity index (χ2n) is 6.25. The standard InChI is InChI=1S/C22H18BrN3/c1-15-13-18(16(2)26(15)20-10-8-19(23)9-11-20)14-25-21-7-3-5-17-6-4-12-24-22(17)21/h3-14H,1-2H3. The molecule has 0 spiro atoms. The Hall–Kier alpha value is -2.72. The van der Waals surface area contributed by atoms with Crippen molar-refractivity contribution >= 4 is 38.7 Å². The van der Waals surface area contributed by atoms with E-state index in [-0.39, 0.29) is 0 Å². The lowest BCUT2D eigenvalue weighted by atomic mass is 10.2. The quantitative estimate of drug-likeness (QED) is 0.377. The maximum Gasteiger partial charge on any atom is 0.0958 e. The van der Waals surface area contributed by atoms with Crippen molar-refractivity contribution in [1.29, 1.82) is 0 Å². The Morgan fingerprint density at radius 1 is 1.00 bits per heavy atom. The number of para-hydroxylation sites is 1. The molecule has 4 rings (SSSR count). The zero-order valence-corrected chi connectivity index (χ0v) is 16.2. The van der Waals surface area contributed by atoms with Gasteiger partial charge in [-0.1, -0.05) is 34.1 Å². The maximum absolute atomic E-state index is 4.72.